The molecule has 0 aliphatic heterocycles. The van der Waals surface area contributed by atoms with Crippen molar-refractivity contribution >= 4 is 11.5 Å². The van der Waals surface area contributed by atoms with E-state index in [1.165, 1.54) is 4.57 Å². The van der Waals surface area contributed by atoms with E-state index in [-0.39, 0.29) is 18.1 Å². The quantitative estimate of drug-likeness (QED) is 0.496. The van der Waals surface area contributed by atoms with Gasteiger partial charge in [-0.1, -0.05) is 31.0 Å². The second-order valence-electron chi connectivity index (χ2n) is 7.88. The van der Waals surface area contributed by atoms with Gasteiger partial charge >= 0.3 is 5.69 Å². The van der Waals surface area contributed by atoms with Crippen molar-refractivity contribution in [2.45, 2.75) is 46.7 Å². The zero-order valence-corrected chi connectivity index (χ0v) is 19.1. The fraction of sp³-hybridized carbons (Fsp3) is 0.435. The minimum Gasteiger partial charge on any atom is -0.444 e. The molecular weight excluding hydrogens is 410 g/mol. The summed E-state index contributed by atoms with van der Waals surface area (Å²) in [6, 6.07) is 6.07. The number of unbranched alkanes of at least 4 members (excludes halogenated alkanes) is 1. The minimum atomic E-state index is -0.533. The van der Waals surface area contributed by atoms with Gasteiger partial charge < -0.3 is 19.8 Å². The number of aromatic amines is 1. The predicted molar refractivity (Wildman–Crippen MR) is 125 cm³/mol. The lowest BCUT2D eigenvalue weighted by molar-refractivity contribution is 0.205. The van der Waals surface area contributed by atoms with Crippen molar-refractivity contribution in [3.8, 4) is 11.5 Å². The van der Waals surface area contributed by atoms with Crippen LogP contribution in [0.15, 0.2) is 38.5 Å². The molecule has 2 heterocycles. The highest BCUT2D eigenvalue weighted by Crippen LogP contribution is 2.25. The standard InChI is InChI=1S/C23H31N5O4/c1-5-6-9-28-20(24)19(21(29)26-23(28)30)27(10-11-31-4)13-17-14-32-22(25-17)18-8-7-15(2)12-16(18)3/h7-8,12,14H,5-6,9-11,13,24H2,1-4H3,(H,26,29,30). The Bertz CT molecular complexity index is 1180. The molecule has 0 bridgehead atoms. The van der Waals surface area contributed by atoms with E-state index in [0.717, 1.165) is 29.5 Å². The van der Waals surface area contributed by atoms with E-state index >= 15 is 0 Å². The van der Waals surface area contributed by atoms with Crippen LogP contribution in [-0.2, 0) is 17.8 Å². The molecule has 9 heteroatoms. The van der Waals surface area contributed by atoms with Crippen LogP contribution in [-0.4, -0.2) is 34.8 Å². The maximum Gasteiger partial charge on any atom is 0.330 e. The molecular formula is C23H31N5O4. The second kappa shape index (κ2) is 10.3. The van der Waals surface area contributed by atoms with Crippen LogP contribution in [0, 0.1) is 13.8 Å². The number of nitrogens with two attached hydrogens (primary N) is 1. The number of oxazole rings is 1. The molecule has 0 aliphatic carbocycles. The average Bonchev–Trinajstić information content (AvgIpc) is 3.19. The normalized spacial score (nSPS) is 11.1. The Kier molecular flexibility index (Phi) is 7.53. The van der Waals surface area contributed by atoms with Crippen LogP contribution in [0.2, 0.25) is 0 Å². The Morgan fingerprint density at radius 2 is 2.06 bits per heavy atom. The van der Waals surface area contributed by atoms with Gasteiger partial charge in [0.05, 0.1) is 18.8 Å². The minimum absolute atomic E-state index is 0.140. The molecule has 0 amide bonds. The molecule has 172 valence electrons. The molecule has 9 nitrogen and oxygen atoms in total. The average molecular weight is 442 g/mol. The van der Waals surface area contributed by atoms with Crippen LogP contribution < -0.4 is 21.9 Å². The van der Waals surface area contributed by atoms with E-state index in [1.807, 2.05) is 32.9 Å². The Labute approximate surface area is 186 Å². The summed E-state index contributed by atoms with van der Waals surface area (Å²) in [5.74, 6) is 0.653. The summed E-state index contributed by atoms with van der Waals surface area (Å²) in [6.45, 7) is 7.54. The van der Waals surface area contributed by atoms with Crippen LogP contribution in [0.1, 0.15) is 36.6 Å². The van der Waals surface area contributed by atoms with Gasteiger partial charge in [-0.25, -0.2) is 9.78 Å². The lowest BCUT2D eigenvalue weighted by Crippen LogP contribution is -2.39. The second-order valence-corrected chi connectivity index (χ2v) is 7.88. The number of rotatable bonds is 10. The fourth-order valence-corrected chi connectivity index (χ4v) is 3.64. The molecule has 0 atom stereocenters. The molecule has 0 unspecified atom stereocenters. The topological polar surface area (TPSA) is 119 Å². The van der Waals surface area contributed by atoms with Crippen LogP contribution in [0.5, 0.6) is 0 Å². The molecule has 3 aromatic rings. The first-order chi connectivity index (χ1) is 15.3. The number of methoxy groups -OCH3 is 1. The Morgan fingerprint density at radius 3 is 2.75 bits per heavy atom. The van der Waals surface area contributed by atoms with Crippen LogP contribution >= 0.6 is 0 Å². The molecule has 0 saturated carbocycles. The van der Waals surface area contributed by atoms with Crippen molar-refractivity contribution in [2.75, 3.05) is 30.9 Å². The number of hydrogen-bond donors (Lipinski definition) is 2. The zero-order valence-electron chi connectivity index (χ0n) is 19.1. The number of anilines is 2. The van der Waals surface area contributed by atoms with Crippen molar-refractivity contribution in [1.29, 1.82) is 0 Å². The molecule has 0 fully saturated rings. The number of H-pyrrole nitrogens is 1. The number of aryl methyl sites for hydroxylation is 2. The van der Waals surface area contributed by atoms with Crippen molar-refractivity contribution < 1.29 is 9.15 Å². The first kappa shape index (κ1) is 23.3. The summed E-state index contributed by atoms with van der Waals surface area (Å²) in [7, 11) is 1.59. The highest BCUT2D eigenvalue weighted by molar-refractivity contribution is 5.63. The SMILES string of the molecule is CCCCn1c(N)c(N(CCOC)Cc2coc(-c3ccc(C)cc3C)n2)c(=O)[nH]c1=O. The third kappa shape index (κ3) is 5.11. The maximum absolute atomic E-state index is 12.7. The monoisotopic (exact) mass is 441 g/mol. The molecule has 32 heavy (non-hydrogen) atoms. The van der Waals surface area contributed by atoms with Gasteiger partial charge in [0.2, 0.25) is 5.89 Å². The highest BCUT2D eigenvalue weighted by atomic mass is 16.5. The first-order valence-electron chi connectivity index (χ1n) is 10.7. The molecule has 1 aromatic carbocycles. The summed E-state index contributed by atoms with van der Waals surface area (Å²) in [4.78, 5) is 33.8. The predicted octanol–water partition coefficient (Wildman–Crippen LogP) is 2.84. The maximum atomic E-state index is 12.7. The number of ether oxygens (including phenoxy) is 1. The lowest BCUT2D eigenvalue weighted by Gasteiger charge is -2.25. The number of nitrogens with one attached hydrogen (secondary N) is 1. The third-order valence-electron chi connectivity index (χ3n) is 5.35. The van der Waals surface area contributed by atoms with E-state index in [1.54, 1.807) is 18.3 Å². The fourth-order valence-electron chi connectivity index (χ4n) is 3.64. The number of hydrogen-bond acceptors (Lipinski definition) is 7. The summed E-state index contributed by atoms with van der Waals surface area (Å²) in [5.41, 5.74) is 9.28. The van der Waals surface area contributed by atoms with Gasteiger partial charge in [-0.15, -0.1) is 0 Å². The smallest absolute Gasteiger partial charge is 0.330 e. The van der Waals surface area contributed by atoms with Gasteiger partial charge in [-0.2, -0.15) is 0 Å². The van der Waals surface area contributed by atoms with Gasteiger partial charge in [-0.05, 0) is 31.9 Å². The van der Waals surface area contributed by atoms with E-state index in [2.05, 4.69) is 16.0 Å². The van der Waals surface area contributed by atoms with Gasteiger partial charge in [0.15, 0.2) is 0 Å². The Hall–Kier alpha value is -3.33. The van der Waals surface area contributed by atoms with Gasteiger partial charge in [-0.3, -0.25) is 14.3 Å². The van der Waals surface area contributed by atoms with Crippen molar-refractivity contribution in [3.05, 3.63) is 62.1 Å². The van der Waals surface area contributed by atoms with Crippen molar-refractivity contribution in [3.63, 3.8) is 0 Å². The molecule has 2 aromatic heterocycles. The first-order valence-corrected chi connectivity index (χ1v) is 10.7. The van der Waals surface area contributed by atoms with E-state index in [0.29, 0.717) is 31.3 Å². The zero-order chi connectivity index (χ0) is 23.3. The van der Waals surface area contributed by atoms with E-state index < -0.39 is 11.2 Å². The number of aromatic nitrogens is 3. The van der Waals surface area contributed by atoms with Crippen LogP contribution in [0.4, 0.5) is 11.5 Å². The third-order valence-corrected chi connectivity index (χ3v) is 5.35. The summed E-state index contributed by atoms with van der Waals surface area (Å²) in [5, 5.41) is 0. The van der Waals surface area contributed by atoms with Gasteiger partial charge in [0, 0.05) is 25.8 Å². The highest BCUT2D eigenvalue weighted by Gasteiger charge is 2.21. The van der Waals surface area contributed by atoms with Crippen LogP contribution in [0.25, 0.3) is 11.5 Å². The number of nitrogen functional groups attached to an aromatic ring is 1. The van der Waals surface area contributed by atoms with E-state index in [4.69, 9.17) is 14.9 Å². The largest absolute Gasteiger partial charge is 0.444 e. The summed E-state index contributed by atoms with van der Waals surface area (Å²) in [6.07, 6.45) is 3.25. The lowest BCUT2D eigenvalue weighted by atomic mass is 10.1. The number of benzene rings is 1. The molecule has 0 aliphatic rings. The van der Waals surface area contributed by atoms with Gasteiger partial charge in [0.25, 0.3) is 5.56 Å². The summed E-state index contributed by atoms with van der Waals surface area (Å²) >= 11 is 0. The molecule has 3 N–H and O–H groups in total. The molecule has 0 radical (unpaired) electrons. The molecule has 3 rings (SSSR count). The van der Waals surface area contributed by atoms with Gasteiger partial charge in [0.1, 0.15) is 17.8 Å². The Morgan fingerprint density at radius 1 is 1.28 bits per heavy atom. The van der Waals surface area contributed by atoms with Crippen molar-refractivity contribution in [2.24, 2.45) is 0 Å². The molecule has 0 spiro atoms. The molecule has 0 saturated heterocycles. The summed E-state index contributed by atoms with van der Waals surface area (Å²) < 4.78 is 12.4. The van der Waals surface area contributed by atoms with E-state index in [9.17, 15) is 9.59 Å². The Balaban J connectivity index is 1.96. The van der Waals surface area contributed by atoms with Crippen LogP contribution in [0.3, 0.4) is 0 Å². The van der Waals surface area contributed by atoms with Crippen molar-refractivity contribution in [1.82, 2.24) is 14.5 Å². The number of nitrogens with zero attached hydrogens (tertiary/aromatic N) is 3.